The van der Waals surface area contributed by atoms with Crippen LogP contribution in [0.15, 0.2) is 0 Å². The molecule has 0 bridgehead atoms. The number of nitrogens with zero attached hydrogens (tertiary/aromatic N) is 1. The van der Waals surface area contributed by atoms with Gasteiger partial charge in [-0.05, 0) is 0 Å². The topological polar surface area (TPSA) is 146 Å². The lowest BCUT2D eigenvalue weighted by atomic mass is 10.4. The summed E-state index contributed by atoms with van der Waals surface area (Å²) in [7, 11) is -4.90. The van der Waals surface area contributed by atoms with Crippen molar-refractivity contribution in [3.05, 3.63) is 0 Å². The van der Waals surface area contributed by atoms with Crippen LogP contribution >= 0.6 is 0 Å². The lowest BCUT2D eigenvalue weighted by Gasteiger charge is -2.11. The molecule has 15 heavy (non-hydrogen) atoms. The van der Waals surface area contributed by atoms with Gasteiger partial charge in [-0.3, -0.25) is 4.55 Å². The van der Waals surface area contributed by atoms with Crippen molar-refractivity contribution in [2.75, 3.05) is 0 Å². The second-order valence-corrected chi connectivity index (χ2v) is 4.46. The number of carbonyl (C=O) groups excluding carboxylic acids is 2. The van der Waals surface area contributed by atoms with Gasteiger partial charge in [-0.1, -0.05) is 0 Å². The van der Waals surface area contributed by atoms with Gasteiger partial charge in [-0.25, -0.2) is 9.59 Å². The highest BCUT2D eigenvalue weighted by Crippen LogP contribution is 2.25. The van der Waals surface area contributed by atoms with Gasteiger partial charge in [0.25, 0.3) is 10.1 Å². The van der Waals surface area contributed by atoms with Gasteiger partial charge in [0.2, 0.25) is 5.25 Å². The maximum atomic E-state index is 11.1. The smallest absolute Gasteiger partial charge is 0.432 e. The lowest BCUT2D eigenvalue weighted by molar-refractivity contribution is -0.907. The van der Waals surface area contributed by atoms with Crippen LogP contribution in [0.1, 0.15) is 6.42 Å². The molecule has 1 rings (SSSR count). The third-order valence-corrected chi connectivity index (χ3v) is 3.04. The number of rotatable bonds is 1. The Hall–Kier alpha value is -1.36. The highest BCUT2D eigenvalue weighted by molar-refractivity contribution is 7.87. The molecule has 0 aromatic rings. The van der Waals surface area contributed by atoms with Crippen LogP contribution < -0.4 is 0 Å². The Balaban J connectivity index is 3.27. The number of hydrogen-bond acceptors (Lipinski definition) is 6. The zero-order chi connectivity index (χ0) is 12.0. The number of hydrogen-bond donors (Lipinski definition) is 3. The minimum absolute atomic E-state index is 1.07. The molecule has 0 saturated carbocycles. The van der Waals surface area contributed by atoms with E-state index in [9.17, 15) is 22.8 Å². The third kappa shape index (κ3) is 1.52. The van der Waals surface area contributed by atoms with Gasteiger partial charge < -0.3 is 5.11 Å². The Morgan fingerprint density at radius 2 is 1.87 bits per heavy atom. The summed E-state index contributed by atoms with van der Waals surface area (Å²) >= 11 is 0. The first-order valence-corrected chi connectivity index (χ1v) is 5.01. The van der Waals surface area contributed by atoms with Gasteiger partial charge in [0.05, 0.1) is 0 Å². The van der Waals surface area contributed by atoms with E-state index in [4.69, 9.17) is 14.9 Å². The van der Waals surface area contributed by atoms with Crippen LogP contribution in [0, 0.1) is 0 Å². The summed E-state index contributed by atoms with van der Waals surface area (Å²) in [4.78, 5) is 32.5. The molecular weight excluding hydrogens is 234 g/mol. The monoisotopic (exact) mass is 240 g/mol. The van der Waals surface area contributed by atoms with Crippen LogP contribution in [-0.2, 0) is 19.7 Å². The standard InChI is InChI=1S/C5H5NO8S/c7-3-1-2(15(12,13)14)4(8)6(3,11)5(9)10/h2,11H,1H2,(H-,9,10,12,13,14)/p+1. The van der Waals surface area contributed by atoms with Crippen LogP contribution in [0.25, 0.3) is 0 Å². The first kappa shape index (κ1) is 11.7. The zero-order valence-corrected chi connectivity index (χ0v) is 7.84. The van der Waals surface area contributed by atoms with Crippen LogP contribution in [0.4, 0.5) is 4.79 Å². The fourth-order valence-corrected chi connectivity index (χ4v) is 1.90. The molecule has 2 unspecified atom stereocenters. The van der Waals surface area contributed by atoms with Gasteiger partial charge in [-0.2, -0.15) is 18.4 Å². The van der Waals surface area contributed by atoms with Gasteiger partial charge >= 0.3 is 17.9 Å². The van der Waals surface area contributed by atoms with Crippen molar-refractivity contribution >= 4 is 28.0 Å². The number of hydroxylamine groups is 3. The van der Waals surface area contributed by atoms with Crippen molar-refractivity contribution in [1.82, 2.24) is 0 Å². The van der Waals surface area contributed by atoms with Gasteiger partial charge in [0, 0.05) is 4.65 Å². The van der Waals surface area contributed by atoms with Crippen LogP contribution in [-0.4, -0.2) is 51.1 Å². The van der Waals surface area contributed by atoms with Crippen molar-refractivity contribution in [2.24, 2.45) is 0 Å². The minimum Gasteiger partial charge on any atom is -0.432 e. The van der Waals surface area contributed by atoms with Crippen molar-refractivity contribution in [1.29, 1.82) is 0 Å². The molecule has 1 saturated heterocycles. The first-order chi connectivity index (χ1) is 6.61. The highest BCUT2D eigenvalue weighted by Gasteiger charge is 2.66. The van der Waals surface area contributed by atoms with E-state index in [0.29, 0.717) is 0 Å². The molecule has 2 atom stereocenters. The average molecular weight is 240 g/mol. The van der Waals surface area contributed by atoms with Crippen molar-refractivity contribution in [2.45, 2.75) is 11.7 Å². The second-order valence-electron chi connectivity index (χ2n) is 2.86. The first-order valence-electron chi connectivity index (χ1n) is 3.51. The van der Waals surface area contributed by atoms with Gasteiger partial charge in [0.15, 0.2) is 0 Å². The largest absolute Gasteiger partial charge is 0.563 e. The molecule has 1 aliphatic rings. The highest BCUT2D eigenvalue weighted by atomic mass is 32.2. The molecule has 0 aromatic carbocycles. The van der Waals surface area contributed by atoms with Crippen molar-refractivity contribution in [3.8, 4) is 0 Å². The predicted octanol–water partition coefficient (Wildman–Crippen LogP) is -1.42. The molecule has 9 nitrogen and oxygen atoms in total. The third-order valence-electron chi connectivity index (χ3n) is 1.95. The van der Waals surface area contributed by atoms with E-state index in [-0.39, 0.29) is 0 Å². The van der Waals surface area contributed by atoms with Crippen LogP contribution in [0.5, 0.6) is 0 Å². The van der Waals surface area contributed by atoms with E-state index in [2.05, 4.69) is 0 Å². The van der Waals surface area contributed by atoms with E-state index in [1.807, 2.05) is 0 Å². The molecule has 84 valence electrons. The number of carbonyl (C=O) groups is 3. The van der Waals surface area contributed by atoms with Crippen LogP contribution in [0.3, 0.4) is 0 Å². The molecule has 3 N–H and O–H groups in total. The predicted molar refractivity (Wildman–Crippen MR) is 40.0 cm³/mol. The number of carboxylic acid groups (broad SMARTS) is 1. The van der Waals surface area contributed by atoms with E-state index < -0.39 is 44.3 Å². The minimum atomic E-state index is -4.90. The molecule has 1 heterocycles. The number of likely N-dealkylation sites (tertiary alicyclic amines) is 1. The molecule has 1 fully saturated rings. The van der Waals surface area contributed by atoms with Gasteiger partial charge in [-0.15, -0.1) is 0 Å². The SMILES string of the molecule is O=C(O)[N+]1(O)C(=O)CC(S(=O)(=O)O)C1=O. The quantitative estimate of drug-likeness (QED) is 0.219. The summed E-state index contributed by atoms with van der Waals surface area (Å²) in [6.45, 7) is 0. The summed E-state index contributed by atoms with van der Waals surface area (Å²) in [5.41, 5.74) is 0. The normalized spacial score (nSPS) is 32.0. The Labute approximate surface area is 82.8 Å². The lowest BCUT2D eigenvalue weighted by Crippen LogP contribution is -2.55. The summed E-state index contributed by atoms with van der Waals surface area (Å²) in [5, 5.41) is 15.3. The number of quaternary nitrogens is 1. The summed E-state index contributed by atoms with van der Waals surface area (Å²) in [6, 6.07) is 0. The summed E-state index contributed by atoms with van der Waals surface area (Å²) in [6.07, 6.45) is -3.28. The van der Waals surface area contributed by atoms with E-state index in [1.165, 1.54) is 0 Å². The van der Waals surface area contributed by atoms with Crippen LogP contribution in [0.2, 0.25) is 0 Å². The molecule has 3 amide bonds. The molecule has 0 aliphatic carbocycles. The number of amides is 3. The Kier molecular flexibility index (Phi) is 2.39. The molecular formula is C5H6NO8S+. The summed E-state index contributed by atoms with van der Waals surface area (Å²) in [5.74, 6) is -3.31. The molecule has 1 aliphatic heterocycles. The molecule has 0 radical (unpaired) electrons. The molecule has 0 aromatic heterocycles. The maximum Gasteiger partial charge on any atom is 0.563 e. The molecule has 10 heteroatoms. The Morgan fingerprint density at radius 3 is 2.07 bits per heavy atom. The van der Waals surface area contributed by atoms with Gasteiger partial charge in [0.1, 0.15) is 6.42 Å². The second kappa shape index (κ2) is 3.06. The zero-order valence-electron chi connectivity index (χ0n) is 7.02. The summed E-state index contributed by atoms with van der Waals surface area (Å²) < 4.78 is 27.0. The fourth-order valence-electron chi connectivity index (χ4n) is 1.14. The van der Waals surface area contributed by atoms with Crippen molar-refractivity contribution in [3.63, 3.8) is 0 Å². The van der Waals surface area contributed by atoms with E-state index in [1.54, 1.807) is 0 Å². The maximum absolute atomic E-state index is 11.1. The van der Waals surface area contributed by atoms with E-state index in [0.717, 1.165) is 0 Å². The van der Waals surface area contributed by atoms with E-state index >= 15 is 0 Å². The van der Waals surface area contributed by atoms with Crippen molar-refractivity contribution < 1.29 is 42.3 Å². The fraction of sp³-hybridized carbons (Fsp3) is 0.400. The average Bonchev–Trinajstić information content (AvgIpc) is 2.29. The Bertz CT molecular complexity index is 452. The molecule has 0 spiro atoms. The number of imide groups is 3. The Morgan fingerprint density at radius 1 is 1.40 bits per heavy atom.